The summed E-state index contributed by atoms with van der Waals surface area (Å²) in [5.41, 5.74) is 0. The first-order chi connectivity index (χ1) is 4.16. The van der Waals surface area contributed by atoms with Crippen LogP contribution in [0.2, 0.25) is 0 Å². The summed E-state index contributed by atoms with van der Waals surface area (Å²) in [7, 11) is 0. The van der Waals surface area contributed by atoms with E-state index in [9.17, 15) is 8.78 Å². The molecule has 0 aliphatic rings. The third-order valence-electron chi connectivity index (χ3n) is 1.06. The van der Waals surface area contributed by atoms with Crippen LogP contribution < -0.4 is 0 Å². The highest BCUT2D eigenvalue weighted by molar-refractivity contribution is 4.80. The van der Waals surface area contributed by atoms with Gasteiger partial charge in [0.25, 0.3) is 0 Å². The molecule has 0 heterocycles. The van der Waals surface area contributed by atoms with E-state index < -0.39 is 6.61 Å². The van der Waals surface area contributed by atoms with Gasteiger partial charge >= 0.3 is 6.61 Å². The fourth-order valence-electron chi connectivity index (χ4n) is 0.307. The zero-order chi connectivity index (χ0) is 7.28. The van der Waals surface area contributed by atoms with E-state index in [4.69, 9.17) is 0 Å². The van der Waals surface area contributed by atoms with E-state index in [1.807, 2.05) is 6.92 Å². The van der Waals surface area contributed by atoms with Crippen LogP contribution in [0, 0.1) is 5.92 Å². The predicted molar refractivity (Wildman–Crippen MR) is 31.2 cm³/mol. The van der Waals surface area contributed by atoms with Gasteiger partial charge in [-0.15, -0.1) is 0 Å². The monoisotopic (exact) mass is 137 g/mol. The second-order valence-electron chi connectivity index (χ2n) is 1.88. The van der Waals surface area contributed by atoms with Gasteiger partial charge in [-0.1, -0.05) is 13.8 Å². The molecule has 0 saturated heterocycles. The van der Waals surface area contributed by atoms with Crippen LogP contribution in [0.1, 0.15) is 20.3 Å². The Morgan fingerprint density at radius 3 is 2.44 bits per heavy atom. The maximum Gasteiger partial charge on any atom is 0.345 e. The average molecular weight is 137 g/mol. The molecule has 0 spiro atoms. The molecule has 0 aromatic rings. The molecular formula is C6H11F2O. The molecule has 0 N–H and O–H groups in total. The Morgan fingerprint density at radius 1 is 1.56 bits per heavy atom. The third-order valence-corrected chi connectivity index (χ3v) is 1.06. The third kappa shape index (κ3) is 5.69. The molecule has 0 rings (SSSR count). The molecule has 0 atom stereocenters. The van der Waals surface area contributed by atoms with Crippen molar-refractivity contribution in [3.05, 3.63) is 5.92 Å². The largest absolute Gasteiger partial charge is 0.345 e. The molecule has 9 heavy (non-hydrogen) atoms. The Balaban J connectivity index is 3.06. The minimum atomic E-state index is -2.63. The molecule has 0 amide bonds. The van der Waals surface area contributed by atoms with Crippen LogP contribution in [0.5, 0.6) is 0 Å². The quantitative estimate of drug-likeness (QED) is 0.577. The van der Waals surface area contributed by atoms with Gasteiger partial charge in [0.05, 0.1) is 6.61 Å². The summed E-state index contributed by atoms with van der Waals surface area (Å²) in [5, 5.41) is 0. The van der Waals surface area contributed by atoms with Crippen LogP contribution in [0.3, 0.4) is 0 Å². The van der Waals surface area contributed by atoms with Crippen LogP contribution in [-0.4, -0.2) is 13.2 Å². The van der Waals surface area contributed by atoms with Crippen molar-refractivity contribution in [2.24, 2.45) is 0 Å². The topological polar surface area (TPSA) is 9.23 Å². The van der Waals surface area contributed by atoms with E-state index >= 15 is 0 Å². The Hall–Kier alpha value is -0.180. The van der Waals surface area contributed by atoms with Gasteiger partial charge < -0.3 is 4.74 Å². The molecule has 0 aliphatic carbocycles. The van der Waals surface area contributed by atoms with Gasteiger partial charge in [-0.2, -0.15) is 8.78 Å². The van der Waals surface area contributed by atoms with Crippen LogP contribution >= 0.6 is 0 Å². The first kappa shape index (κ1) is 8.82. The van der Waals surface area contributed by atoms with E-state index in [1.165, 1.54) is 0 Å². The highest BCUT2D eigenvalue weighted by atomic mass is 19.3. The summed E-state index contributed by atoms with van der Waals surface area (Å²) < 4.78 is 26.6. The first-order valence-corrected chi connectivity index (χ1v) is 2.88. The molecule has 0 aromatic heterocycles. The summed E-state index contributed by atoms with van der Waals surface area (Å²) in [6, 6.07) is 0. The summed E-state index contributed by atoms with van der Waals surface area (Å²) in [4.78, 5) is 0. The van der Waals surface area contributed by atoms with Crippen molar-refractivity contribution in [3.8, 4) is 0 Å². The second kappa shape index (κ2) is 4.68. The highest BCUT2D eigenvalue weighted by Crippen LogP contribution is 2.06. The summed E-state index contributed by atoms with van der Waals surface area (Å²) in [5.74, 6) is 0.940. The van der Waals surface area contributed by atoms with Crippen LogP contribution in [0.15, 0.2) is 0 Å². The maximum absolute atomic E-state index is 11.3. The number of ether oxygens (including phenoxy) is 1. The Morgan fingerprint density at radius 2 is 2.11 bits per heavy atom. The normalized spacial score (nSPS) is 11.3. The Bertz CT molecular complexity index is 66.1. The molecule has 3 heteroatoms. The van der Waals surface area contributed by atoms with Crippen molar-refractivity contribution in [1.82, 2.24) is 0 Å². The van der Waals surface area contributed by atoms with Gasteiger partial charge in [0, 0.05) is 0 Å². The standard InChI is InChI=1S/C6H11F2O/c1-3-5(2)4-9-6(7)8/h6H,3-4H2,1-2H3. The van der Waals surface area contributed by atoms with Crippen LogP contribution in [0.4, 0.5) is 8.78 Å². The van der Waals surface area contributed by atoms with E-state index in [2.05, 4.69) is 4.74 Å². The van der Waals surface area contributed by atoms with E-state index in [0.29, 0.717) is 0 Å². The molecule has 0 aliphatic heterocycles. The van der Waals surface area contributed by atoms with Crippen molar-refractivity contribution in [1.29, 1.82) is 0 Å². The Kier molecular flexibility index (Phi) is 4.58. The summed E-state index contributed by atoms with van der Waals surface area (Å²) >= 11 is 0. The number of hydrogen-bond donors (Lipinski definition) is 0. The van der Waals surface area contributed by atoms with Crippen LogP contribution in [0.25, 0.3) is 0 Å². The predicted octanol–water partition coefficient (Wildman–Crippen LogP) is 2.23. The summed E-state index contributed by atoms with van der Waals surface area (Å²) in [6.45, 7) is 1.15. The number of hydrogen-bond acceptors (Lipinski definition) is 1. The van der Waals surface area contributed by atoms with Gasteiger partial charge in [0.1, 0.15) is 0 Å². The summed E-state index contributed by atoms with van der Waals surface area (Å²) in [6.07, 6.45) is 0.798. The van der Waals surface area contributed by atoms with E-state index in [-0.39, 0.29) is 6.61 Å². The minimum absolute atomic E-state index is 0.0775. The maximum atomic E-state index is 11.3. The van der Waals surface area contributed by atoms with Gasteiger partial charge in [0.2, 0.25) is 0 Å². The van der Waals surface area contributed by atoms with Crippen LogP contribution in [-0.2, 0) is 4.74 Å². The highest BCUT2D eigenvalue weighted by Gasteiger charge is 2.04. The van der Waals surface area contributed by atoms with E-state index in [0.717, 1.165) is 12.3 Å². The number of alkyl halides is 2. The van der Waals surface area contributed by atoms with Gasteiger partial charge in [-0.05, 0) is 12.3 Å². The van der Waals surface area contributed by atoms with E-state index in [1.54, 1.807) is 6.92 Å². The lowest BCUT2D eigenvalue weighted by Gasteiger charge is -2.06. The zero-order valence-corrected chi connectivity index (χ0v) is 5.66. The molecule has 55 valence electrons. The van der Waals surface area contributed by atoms with Crippen molar-refractivity contribution in [2.45, 2.75) is 26.9 Å². The zero-order valence-electron chi connectivity index (χ0n) is 5.66. The minimum Gasteiger partial charge on any atom is -0.322 e. The first-order valence-electron chi connectivity index (χ1n) is 2.88. The van der Waals surface area contributed by atoms with Gasteiger partial charge in [0.15, 0.2) is 0 Å². The fourth-order valence-corrected chi connectivity index (χ4v) is 0.307. The number of halogens is 2. The SMILES string of the molecule is CC[C](C)COC(F)F. The molecule has 0 unspecified atom stereocenters. The van der Waals surface area contributed by atoms with Crippen molar-refractivity contribution >= 4 is 0 Å². The molecule has 1 radical (unpaired) electrons. The average Bonchev–Trinajstić information content (AvgIpc) is 1.83. The molecule has 1 nitrogen and oxygen atoms in total. The van der Waals surface area contributed by atoms with Gasteiger partial charge in [-0.3, -0.25) is 0 Å². The van der Waals surface area contributed by atoms with Crippen molar-refractivity contribution < 1.29 is 13.5 Å². The molecule has 0 bridgehead atoms. The second-order valence-corrected chi connectivity index (χ2v) is 1.88. The Labute approximate surface area is 54.0 Å². The lowest BCUT2D eigenvalue weighted by molar-refractivity contribution is -0.125. The lowest BCUT2D eigenvalue weighted by atomic mass is 10.1. The van der Waals surface area contributed by atoms with Gasteiger partial charge in [-0.25, -0.2) is 0 Å². The molecular weight excluding hydrogens is 126 g/mol. The molecule has 0 fully saturated rings. The smallest absolute Gasteiger partial charge is 0.322 e. The molecule has 0 aromatic carbocycles. The van der Waals surface area contributed by atoms with Crippen molar-refractivity contribution in [2.75, 3.05) is 6.61 Å². The molecule has 0 saturated carbocycles. The fraction of sp³-hybridized carbons (Fsp3) is 0.833. The number of rotatable bonds is 4. The van der Waals surface area contributed by atoms with Crippen molar-refractivity contribution in [3.63, 3.8) is 0 Å². The lowest BCUT2D eigenvalue weighted by Crippen LogP contribution is -2.06.